The normalized spacial score (nSPS) is 10.1. The number of aromatic nitrogens is 2. The largest absolute Gasteiger partial charge is 0.366 e. The summed E-state index contributed by atoms with van der Waals surface area (Å²) in [6, 6.07) is 3.93. The molecule has 0 radical (unpaired) electrons. The molecular weight excluding hydrogens is 252 g/mol. The Hall–Kier alpha value is -3.03. The summed E-state index contributed by atoms with van der Waals surface area (Å²) >= 11 is 0. The fraction of sp³-hybridized carbons (Fsp3) is 0. The van der Waals surface area contributed by atoms with Crippen LogP contribution in [0.3, 0.4) is 0 Å². The Balaban J connectivity index is 2.57. The van der Waals surface area contributed by atoms with Crippen molar-refractivity contribution in [1.82, 2.24) is 9.78 Å². The summed E-state index contributed by atoms with van der Waals surface area (Å²) in [6.07, 6.45) is 3.00. The summed E-state index contributed by atoms with van der Waals surface area (Å²) in [5.41, 5.74) is 5.24. The fourth-order valence-electron chi connectivity index (χ4n) is 1.54. The first-order valence-corrected chi connectivity index (χ1v) is 5.11. The minimum atomic E-state index is -0.682. The van der Waals surface area contributed by atoms with Gasteiger partial charge in [-0.3, -0.25) is 19.7 Å². The average Bonchev–Trinajstić information content (AvgIpc) is 2.87. The Labute approximate surface area is 106 Å². The topological polar surface area (TPSA) is 121 Å². The van der Waals surface area contributed by atoms with Crippen LogP contribution in [0.25, 0.3) is 5.69 Å². The molecule has 0 bridgehead atoms. The van der Waals surface area contributed by atoms with Gasteiger partial charge in [-0.25, -0.2) is 4.68 Å². The summed E-state index contributed by atoms with van der Waals surface area (Å²) in [7, 11) is 0. The highest BCUT2D eigenvalue weighted by molar-refractivity contribution is 5.92. The van der Waals surface area contributed by atoms with Crippen LogP contribution in [0.2, 0.25) is 0 Å². The van der Waals surface area contributed by atoms with Gasteiger partial charge in [0.05, 0.1) is 16.7 Å². The molecule has 0 unspecified atom stereocenters. The number of benzene rings is 1. The van der Waals surface area contributed by atoms with E-state index in [-0.39, 0.29) is 22.5 Å². The molecule has 2 aromatic rings. The van der Waals surface area contributed by atoms with Gasteiger partial charge in [-0.15, -0.1) is 0 Å². The molecule has 0 saturated heterocycles. The van der Waals surface area contributed by atoms with Crippen molar-refractivity contribution in [3.8, 4) is 5.69 Å². The zero-order chi connectivity index (χ0) is 14.0. The molecule has 19 heavy (non-hydrogen) atoms. The van der Waals surface area contributed by atoms with Crippen LogP contribution in [0, 0.1) is 10.1 Å². The molecule has 1 aromatic carbocycles. The molecule has 1 amide bonds. The van der Waals surface area contributed by atoms with Crippen molar-refractivity contribution < 1.29 is 14.5 Å². The zero-order valence-corrected chi connectivity index (χ0v) is 9.52. The summed E-state index contributed by atoms with van der Waals surface area (Å²) in [4.78, 5) is 31.9. The molecule has 0 aliphatic heterocycles. The van der Waals surface area contributed by atoms with Gasteiger partial charge in [-0.2, -0.15) is 5.10 Å². The smallest absolute Gasteiger partial charge is 0.295 e. The predicted octanol–water partition coefficient (Wildman–Crippen LogP) is 0.692. The van der Waals surface area contributed by atoms with E-state index in [1.54, 1.807) is 0 Å². The van der Waals surface area contributed by atoms with Gasteiger partial charge in [0.25, 0.3) is 11.6 Å². The first-order valence-electron chi connectivity index (χ1n) is 5.11. The predicted molar refractivity (Wildman–Crippen MR) is 64.1 cm³/mol. The van der Waals surface area contributed by atoms with Gasteiger partial charge in [-0.05, 0) is 12.1 Å². The SMILES string of the molecule is NC(=O)c1cnn(-c2ccc(C=O)cc2[N+](=O)[O-])c1. The number of nitrogens with two attached hydrogens (primary N) is 1. The lowest BCUT2D eigenvalue weighted by molar-refractivity contribution is -0.384. The molecule has 2 N–H and O–H groups in total. The number of nitro groups is 1. The van der Waals surface area contributed by atoms with E-state index in [4.69, 9.17) is 5.73 Å². The van der Waals surface area contributed by atoms with Crippen molar-refractivity contribution in [1.29, 1.82) is 0 Å². The molecule has 0 atom stereocenters. The van der Waals surface area contributed by atoms with Crippen molar-refractivity contribution in [2.45, 2.75) is 0 Å². The number of hydrogen-bond donors (Lipinski definition) is 1. The number of hydrogen-bond acceptors (Lipinski definition) is 5. The minimum Gasteiger partial charge on any atom is -0.366 e. The number of carbonyl (C=O) groups excluding carboxylic acids is 2. The summed E-state index contributed by atoms with van der Waals surface area (Å²) in [5, 5.41) is 14.8. The Kier molecular flexibility index (Phi) is 3.06. The maximum Gasteiger partial charge on any atom is 0.295 e. The van der Waals surface area contributed by atoms with Crippen molar-refractivity contribution >= 4 is 17.9 Å². The second-order valence-electron chi connectivity index (χ2n) is 3.66. The molecule has 1 aromatic heterocycles. The van der Waals surface area contributed by atoms with Crippen molar-refractivity contribution in [2.75, 3.05) is 0 Å². The van der Waals surface area contributed by atoms with Gasteiger partial charge in [0.2, 0.25) is 0 Å². The van der Waals surface area contributed by atoms with Crippen molar-refractivity contribution in [3.63, 3.8) is 0 Å². The first-order chi connectivity index (χ1) is 9.02. The zero-order valence-electron chi connectivity index (χ0n) is 9.52. The van der Waals surface area contributed by atoms with Crippen LogP contribution >= 0.6 is 0 Å². The van der Waals surface area contributed by atoms with E-state index < -0.39 is 10.8 Å². The Morgan fingerprint density at radius 1 is 1.47 bits per heavy atom. The highest BCUT2D eigenvalue weighted by atomic mass is 16.6. The summed E-state index contributed by atoms with van der Waals surface area (Å²) in [6.45, 7) is 0. The van der Waals surface area contributed by atoms with E-state index in [1.807, 2.05) is 0 Å². The number of carbonyl (C=O) groups is 2. The van der Waals surface area contributed by atoms with Gasteiger partial charge >= 0.3 is 0 Å². The lowest BCUT2D eigenvalue weighted by Crippen LogP contribution is -2.09. The van der Waals surface area contributed by atoms with Crippen LogP contribution in [0.1, 0.15) is 20.7 Å². The highest BCUT2D eigenvalue weighted by Gasteiger charge is 2.17. The van der Waals surface area contributed by atoms with Crippen LogP contribution in [0.4, 0.5) is 5.69 Å². The maximum atomic E-state index is 11.0. The number of nitro benzene ring substituents is 1. The molecule has 1 heterocycles. The van der Waals surface area contributed by atoms with Gasteiger partial charge in [0.15, 0.2) is 0 Å². The maximum absolute atomic E-state index is 11.0. The second-order valence-corrected chi connectivity index (χ2v) is 3.66. The molecule has 96 valence electrons. The van der Waals surface area contributed by atoms with Crippen LogP contribution in [-0.2, 0) is 0 Å². The van der Waals surface area contributed by atoms with E-state index in [0.717, 1.165) is 10.7 Å². The third kappa shape index (κ3) is 2.32. The lowest BCUT2D eigenvalue weighted by Gasteiger charge is -2.03. The Morgan fingerprint density at radius 2 is 2.21 bits per heavy atom. The number of primary amides is 1. The number of aldehydes is 1. The molecule has 2 rings (SSSR count). The number of nitrogens with zero attached hydrogens (tertiary/aromatic N) is 3. The van der Waals surface area contributed by atoms with Crippen molar-refractivity contribution in [3.05, 3.63) is 51.8 Å². The van der Waals surface area contributed by atoms with E-state index in [0.29, 0.717) is 6.29 Å². The van der Waals surface area contributed by atoms with E-state index in [2.05, 4.69) is 5.10 Å². The molecular formula is C11H8N4O4. The van der Waals surface area contributed by atoms with Gasteiger partial charge in [0.1, 0.15) is 12.0 Å². The number of rotatable bonds is 4. The van der Waals surface area contributed by atoms with E-state index >= 15 is 0 Å². The average molecular weight is 260 g/mol. The van der Waals surface area contributed by atoms with Gasteiger partial charge in [-0.1, -0.05) is 0 Å². The van der Waals surface area contributed by atoms with Crippen LogP contribution < -0.4 is 5.73 Å². The highest BCUT2D eigenvalue weighted by Crippen LogP contribution is 2.23. The quantitative estimate of drug-likeness (QED) is 0.492. The summed E-state index contributed by atoms with van der Waals surface area (Å²) < 4.78 is 1.16. The number of amides is 1. The minimum absolute atomic E-state index is 0.133. The molecule has 0 aliphatic carbocycles. The van der Waals surface area contributed by atoms with Gasteiger partial charge < -0.3 is 5.73 Å². The summed E-state index contributed by atoms with van der Waals surface area (Å²) in [5.74, 6) is -0.682. The molecule has 8 heteroatoms. The monoisotopic (exact) mass is 260 g/mol. The Bertz CT molecular complexity index is 677. The molecule has 0 saturated carbocycles. The first kappa shape index (κ1) is 12.4. The van der Waals surface area contributed by atoms with Crippen LogP contribution in [0.5, 0.6) is 0 Å². The Morgan fingerprint density at radius 3 is 2.74 bits per heavy atom. The van der Waals surface area contributed by atoms with Crippen LogP contribution in [0.15, 0.2) is 30.6 Å². The molecule has 0 spiro atoms. The van der Waals surface area contributed by atoms with Gasteiger partial charge in [0, 0.05) is 17.8 Å². The third-order valence-electron chi connectivity index (χ3n) is 2.45. The second kappa shape index (κ2) is 4.69. The molecule has 0 aliphatic rings. The van der Waals surface area contributed by atoms with E-state index in [9.17, 15) is 19.7 Å². The van der Waals surface area contributed by atoms with E-state index in [1.165, 1.54) is 24.5 Å². The standard InChI is InChI=1S/C11H8N4O4/c12-11(17)8-4-13-14(5-8)9-2-1-7(6-16)3-10(9)15(18)19/h1-6H,(H2,12,17). The third-order valence-corrected chi connectivity index (χ3v) is 2.45. The molecule has 0 fully saturated rings. The van der Waals surface area contributed by atoms with Crippen molar-refractivity contribution in [2.24, 2.45) is 5.73 Å². The fourth-order valence-corrected chi connectivity index (χ4v) is 1.54. The lowest BCUT2D eigenvalue weighted by atomic mass is 10.2. The van der Waals surface area contributed by atoms with Crippen LogP contribution in [-0.4, -0.2) is 26.9 Å². The molecule has 8 nitrogen and oxygen atoms in total.